The molecule has 0 radical (unpaired) electrons. The number of aryl methyl sites for hydroxylation is 1. The van der Waals surface area contributed by atoms with Crippen LogP contribution in [0.4, 0.5) is 11.5 Å². The van der Waals surface area contributed by atoms with Gasteiger partial charge in [0, 0.05) is 13.1 Å². The molecule has 1 heterocycles. The Morgan fingerprint density at radius 1 is 1.12 bits per heavy atom. The molecular weight excluding hydrogens is 214 g/mol. The van der Waals surface area contributed by atoms with Gasteiger partial charge < -0.3 is 15.8 Å². The van der Waals surface area contributed by atoms with Crippen molar-refractivity contribution >= 4 is 11.5 Å². The average Bonchev–Trinajstić information content (AvgIpc) is 2.34. The summed E-state index contributed by atoms with van der Waals surface area (Å²) in [5, 5.41) is 2.91. The molecule has 0 bridgehead atoms. The number of nitrogen functional groups attached to an aromatic ring is 1. The van der Waals surface area contributed by atoms with Crippen LogP contribution >= 0.6 is 0 Å². The van der Waals surface area contributed by atoms with Crippen LogP contribution in [0, 0.1) is 6.92 Å². The third-order valence-corrected chi connectivity index (χ3v) is 2.38. The van der Waals surface area contributed by atoms with E-state index in [2.05, 4.69) is 10.3 Å². The van der Waals surface area contributed by atoms with Gasteiger partial charge in [0.1, 0.15) is 5.75 Å². The van der Waals surface area contributed by atoms with Crippen LogP contribution in [-0.2, 0) is 0 Å². The second kappa shape index (κ2) is 4.74. The Morgan fingerprint density at radius 2 is 1.82 bits per heavy atom. The van der Waals surface area contributed by atoms with E-state index in [1.807, 2.05) is 31.2 Å². The highest BCUT2D eigenvalue weighted by atomic mass is 16.5. The van der Waals surface area contributed by atoms with Crippen LogP contribution in [0.1, 0.15) is 5.56 Å². The predicted octanol–water partition coefficient (Wildman–Crippen LogP) is 2.81. The smallest absolute Gasteiger partial charge is 0.221 e. The Bertz CT molecular complexity index is 509. The molecule has 0 saturated carbocycles. The van der Waals surface area contributed by atoms with Gasteiger partial charge in [-0.2, -0.15) is 4.98 Å². The van der Waals surface area contributed by atoms with Crippen molar-refractivity contribution in [3.63, 3.8) is 0 Å². The molecule has 0 fully saturated rings. The number of ether oxygens (including phenoxy) is 1. The predicted molar refractivity (Wildman–Crippen MR) is 69.4 cm³/mol. The van der Waals surface area contributed by atoms with Crippen molar-refractivity contribution in [3.8, 4) is 11.6 Å². The molecule has 0 aliphatic rings. The van der Waals surface area contributed by atoms with Crippen LogP contribution in [0.25, 0.3) is 0 Å². The molecule has 4 heteroatoms. The molecule has 88 valence electrons. The number of aromatic nitrogens is 1. The van der Waals surface area contributed by atoms with Gasteiger partial charge in [0.15, 0.2) is 5.82 Å². The van der Waals surface area contributed by atoms with E-state index in [4.69, 9.17) is 10.5 Å². The van der Waals surface area contributed by atoms with Crippen molar-refractivity contribution in [2.24, 2.45) is 0 Å². The maximum Gasteiger partial charge on any atom is 0.221 e. The molecule has 0 saturated heterocycles. The van der Waals surface area contributed by atoms with E-state index in [0.29, 0.717) is 17.4 Å². The number of nitrogens with one attached hydrogen (secondary N) is 1. The lowest BCUT2D eigenvalue weighted by atomic mass is 10.2. The third kappa shape index (κ3) is 2.66. The van der Waals surface area contributed by atoms with Gasteiger partial charge >= 0.3 is 0 Å². The van der Waals surface area contributed by atoms with E-state index in [0.717, 1.165) is 5.75 Å². The summed E-state index contributed by atoms with van der Waals surface area (Å²) in [4.78, 5) is 4.25. The van der Waals surface area contributed by atoms with Crippen LogP contribution in [0.2, 0.25) is 0 Å². The second-order valence-electron chi connectivity index (χ2n) is 3.75. The van der Waals surface area contributed by atoms with Gasteiger partial charge in [0.2, 0.25) is 5.88 Å². The Morgan fingerprint density at radius 3 is 2.47 bits per heavy atom. The maximum absolute atomic E-state index is 5.73. The molecule has 2 rings (SSSR count). The molecule has 4 nitrogen and oxygen atoms in total. The van der Waals surface area contributed by atoms with Gasteiger partial charge in [-0.15, -0.1) is 0 Å². The first-order valence-corrected chi connectivity index (χ1v) is 5.38. The zero-order valence-corrected chi connectivity index (χ0v) is 9.90. The van der Waals surface area contributed by atoms with E-state index in [-0.39, 0.29) is 0 Å². The standard InChI is InChI=1S/C13H15N3O/c1-9-3-5-10(6-4-9)17-12-8-7-11(14)13(15-2)16-12/h3-8H,14H2,1-2H3,(H,15,16). The molecular formula is C13H15N3O. The molecule has 0 atom stereocenters. The van der Waals surface area contributed by atoms with Crippen LogP contribution < -0.4 is 15.8 Å². The molecule has 0 spiro atoms. The summed E-state index contributed by atoms with van der Waals surface area (Å²) in [6.07, 6.45) is 0. The minimum atomic E-state index is 0.521. The SMILES string of the molecule is CNc1nc(Oc2ccc(C)cc2)ccc1N. The first-order chi connectivity index (χ1) is 8.19. The molecule has 0 unspecified atom stereocenters. The van der Waals surface area contributed by atoms with Gasteiger partial charge in [-0.3, -0.25) is 0 Å². The minimum absolute atomic E-state index is 0.521. The van der Waals surface area contributed by atoms with Crippen molar-refractivity contribution in [2.45, 2.75) is 6.92 Å². The van der Waals surface area contributed by atoms with Crippen molar-refractivity contribution in [1.82, 2.24) is 4.98 Å². The molecule has 0 aliphatic heterocycles. The topological polar surface area (TPSA) is 60.2 Å². The minimum Gasteiger partial charge on any atom is -0.439 e. The quantitative estimate of drug-likeness (QED) is 0.849. The Labute approximate surface area is 100 Å². The second-order valence-corrected chi connectivity index (χ2v) is 3.75. The highest BCUT2D eigenvalue weighted by Gasteiger charge is 2.03. The van der Waals surface area contributed by atoms with Crippen molar-refractivity contribution < 1.29 is 4.74 Å². The van der Waals surface area contributed by atoms with Gasteiger partial charge in [0.05, 0.1) is 5.69 Å². The normalized spacial score (nSPS) is 10.0. The zero-order chi connectivity index (χ0) is 12.3. The first kappa shape index (κ1) is 11.3. The van der Waals surface area contributed by atoms with E-state index in [1.165, 1.54) is 5.56 Å². The molecule has 0 amide bonds. The van der Waals surface area contributed by atoms with E-state index in [1.54, 1.807) is 19.2 Å². The van der Waals surface area contributed by atoms with Crippen molar-refractivity contribution in [2.75, 3.05) is 18.1 Å². The summed E-state index contributed by atoms with van der Waals surface area (Å²) >= 11 is 0. The van der Waals surface area contributed by atoms with Gasteiger partial charge in [-0.1, -0.05) is 17.7 Å². The van der Waals surface area contributed by atoms with E-state index in [9.17, 15) is 0 Å². The lowest BCUT2D eigenvalue weighted by Gasteiger charge is -2.08. The van der Waals surface area contributed by atoms with E-state index >= 15 is 0 Å². The lowest BCUT2D eigenvalue weighted by Crippen LogP contribution is -1.99. The lowest BCUT2D eigenvalue weighted by molar-refractivity contribution is 0.464. The summed E-state index contributed by atoms with van der Waals surface area (Å²) in [6.45, 7) is 2.03. The Balaban J connectivity index is 2.21. The number of benzene rings is 1. The fourth-order valence-electron chi connectivity index (χ4n) is 1.44. The number of hydrogen-bond donors (Lipinski definition) is 2. The zero-order valence-electron chi connectivity index (χ0n) is 9.90. The van der Waals surface area contributed by atoms with Crippen LogP contribution in [0.5, 0.6) is 11.6 Å². The molecule has 1 aromatic heterocycles. The number of anilines is 2. The van der Waals surface area contributed by atoms with Crippen LogP contribution in [0.15, 0.2) is 36.4 Å². The van der Waals surface area contributed by atoms with Crippen molar-refractivity contribution in [1.29, 1.82) is 0 Å². The number of hydrogen-bond acceptors (Lipinski definition) is 4. The Hall–Kier alpha value is -2.23. The fraction of sp³-hybridized carbons (Fsp3) is 0.154. The maximum atomic E-state index is 5.73. The summed E-state index contributed by atoms with van der Waals surface area (Å²) in [7, 11) is 1.77. The first-order valence-electron chi connectivity index (χ1n) is 5.38. The summed E-state index contributed by atoms with van der Waals surface area (Å²) < 4.78 is 5.62. The van der Waals surface area contributed by atoms with Gasteiger partial charge in [-0.25, -0.2) is 0 Å². The fourth-order valence-corrected chi connectivity index (χ4v) is 1.44. The monoisotopic (exact) mass is 229 g/mol. The summed E-state index contributed by atoms with van der Waals surface area (Å²) in [6, 6.07) is 11.3. The Kier molecular flexibility index (Phi) is 3.14. The molecule has 1 aromatic carbocycles. The van der Waals surface area contributed by atoms with Crippen LogP contribution in [0.3, 0.4) is 0 Å². The van der Waals surface area contributed by atoms with Crippen LogP contribution in [-0.4, -0.2) is 12.0 Å². The number of nitrogens with two attached hydrogens (primary N) is 1. The molecule has 17 heavy (non-hydrogen) atoms. The number of rotatable bonds is 3. The number of nitrogens with zero attached hydrogens (tertiary/aromatic N) is 1. The summed E-state index contributed by atoms with van der Waals surface area (Å²) in [5.74, 6) is 1.90. The number of pyridine rings is 1. The van der Waals surface area contributed by atoms with Crippen molar-refractivity contribution in [3.05, 3.63) is 42.0 Å². The third-order valence-electron chi connectivity index (χ3n) is 2.38. The van der Waals surface area contributed by atoms with Gasteiger partial charge in [0.25, 0.3) is 0 Å². The van der Waals surface area contributed by atoms with Gasteiger partial charge in [-0.05, 0) is 25.1 Å². The molecule has 0 aliphatic carbocycles. The summed E-state index contributed by atoms with van der Waals surface area (Å²) in [5.41, 5.74) is 7.53. The molecule has 3 N–H and O–H groups in total. The average molecular weight is 229 g/mol. The highest BCUT2D eigenvalue weighted by Crippen LogP contribution is 2.24. The van der Waals surface area contributed by atoms with E-state index < -0.39 is 0 Å². The highest BCUT2D eigenvalue weighted by molar-refractivity contribution is 5.61. The largest absolute Gasteiger partial charge is 0.439 e. The molecule has 2 aromatic rings.